The molecule has 0 spiro atoms. The van der Waals surface area contributed by atoms with Crippen molar-refractivity contribution in [3.63, 3.8) is 0 Å². The molecule has 0 saturated heterocycles. The number of hydrogen-bond acceptors (Lipinski definition) is 2. The Morgan fingerprint density at radius 3 is 1.86 bits per heavy atom. The minimum atomic E-state index is -2.04. The fourth-order valence-electron chi connectivity index (χ4n) is 0. The van der Waals surface area contributed by atoms with Crippen LogP contribution in [0.5, 0.6) is 0 Å². The largest absolute Gasteiger partial charge is 2.00 e. The van der Waals surface area contributed by atoms with E-state index in [0.717, 1.165) is 6.92 Å². The fraction of sp³-hybridized carbons (Fsp3) is 1.00. The summed E-state index contributed by atoms with van der Waals surface area (Å²) < 4.78 is 0. The smallest absolute Gasteiger partial charge is 0.627 e. The van der Waals surface area contributed by atoms with Gasteiger partial charge in [0.2, 0.25) is 0 Å². The van der Waals surface area contributed by atoms with Crippen molar-refractivity contribution in [2.24, 2.45) is 0 Å². The summed E-state index contributed by atoms with van der Waals surface area (Å²) in [4.78, 5) is 3.41. The molecule has 0 aromatic heterocycles. The van der Waals surface area contributed by atoms with Crippen LogP contribution in [0.25, 0.3) is 11.6 Å². The van der Waals surface area contributed by atoms with E-state index >= 15 is 0 Å². The van der Waals surface area contributed by atoms with Gasteiger partial charge in [0, 0.05) is 0 Å². The van der Waals surface area contributed by atoms with E-state index < -0.39 is 5.91 Å². The molecular formula is C2H6MnN2O2. The molecule has 0 heterocycles. The monoisotopic (exact) mass is 145 g/mol. The Kier molecular flexibility index (Phi) is 4.99. The average molecular weight is 145 g/mol. The molecule has 3 N–H and O–H groups in total. The van der Waals surface area contributed by atoms with Crippen molar-refractivity contribution < 1.29 is 27.0 Å². The third-order valence-electron chi connectivity index (χ3n) is 0.199. The minimum absolute atomic E-state index is 0. The first-order chi connectivity index (χ1) is 2.56. The molecule has 0 aliphatic rings. The molecule has 0 fully saturated rings. The maximum atomic E-state index is 8.08. The Morgan fingerprint density at radius 2 is 1.86 bits per heavy atom. The first-order valence-electron chi connectivity index (χ1n) is 1.38. The topological polar surface area (TPSA) is 77.1 Å². The van der Waals surface area contributed by atoms with Crippen molar-refractivity contribution in [1.82, 2.24) is 0 Å². The molecule has 0 aliphatic heterocycles. The fourth-order valence-corrected chi connectivity index (χ4v) is 0. The summed E-state index contributed by atoms with van der Waals surface area (Å²) in [6.45, 7) is 1.06. The van der Waals surface area contributed by atoms with Crippen LogP contribution in [0.1, 0.15) is 6.92 Å². The Balaban J connectivity index is 0. The molecular weight excluding hydrogens is 139 g/mol. The first-order valence-corrected chi connectivity index (χ1v) is 1.38. The Morgan fingerprint density at radius 1 is 1.71 bits per heavy atom. The van der Waals surface area contributed by atoms with Crippen molar-refractivity contribution in [1.29, 1.82) is 0 Å². The van der Waals surface area contributed by atoms with E-state index in [1.807, 2.05) is 0 Å². The Hall–Kier alpha value is 0.359. The van der Waals surface area contributed by atoms with Gasteiger partial charge in [-0.15, -0.1) is 0 Å². The molecule has 0 aromatic carbocycles. The molecule has 0 rings (SSSR count). The first kappa shape index (κ1) is 10.4. The molecule has 1 radical (unpaired) electrons. The zero-order valence-electron chi connectivity index (χ0n) is 3.73. The van der Waals surface area contributed by atoms with Crippen LogP contribution in [0, 0.1) is 0 Å². The van der Waals surface area contributed by atoms with Crippen LogP contribution < -0.4 is 0 Å². The number of rotatable bonds is 1. The molecule has 43 valence electrons. The van der Waals surface area contributed by atoms with E-state index in [1.54, 1.807) is 0 Å². The molecule has 1 unspecified atom stereocenters. The summed E-state index contributed by atoms with van der Waals surface area (Å²) in [5, 5.41) is 8.08. The van der Waals surface area contributed by atoms with Crippen LogP contribution in [0.3, 0.4) is 0 Å². The minimum Gasteiger partial charge on any atom is -0.627 e. The average Bonchev–Trinajstić information content (AvgIpc) is 1.35. The standard InChI is InChI=1S/C2H6N2O2.Mn/c1-2(3,5)6-4;/h3-5H,1H3;/q-2;+2. The summed E-state index contributed by atoms with van der Waals surface area (Å²) in [6, 6.07) is 0. The van der Waals surface area contributed by atoms with Gasteiger partial charge >= 0.3 is 17.1 Å². The third kappa shape index (κ3) is 10.7. The van der Waals surface area contributed by atoms with Gasteiger partial charge in [-0.1, -0.05) is 0 Å². The maximum absolute atomic E-state index is 8.08. The number of aliphatic hydroxyl groups is 1. The van der Waals surface area contributed by atoms with E-state index in [-0.39, 0.29) is 17.1 Å². The second kappa shape index (κ2) is 3.37. The molecule has 1 atom stereocenters. The van der Waals surface area contributed by atoms with E-state index in [0.29, 0.717) is 0 Å². The van der Waals surface area contributed by atoms with Crippen LogP contribution in [-0.2, 0) is 21.9 Å². The second-order valence-electron chi connectivity index (χ2n) is 1.08. The molecule has 7 heavy (non-hydrogen) atoms. The van der Waals surface area contributed by atoms with Gasteiger partial charge in [-0.25, -0.2) is 0 Å². The van der Waals surface area contributed by atoms with Gasteiger partial charge in [0.15, 0.2) is 0 Å². The molecule has 0 aromatic rings. The zero-order chi connectivity index (χ0) is 5.21. The summed E-state index contributed by atoms with van der Waals surface area (Å²) in [5.41, 5.74) is 6.33. The van der Waals surface area contributed by atoms with Crippen molar-refractivity contribution in [3.8, 4) is 0 Å². The van der Waals surface area contributed by atoms with E-state index in [2.05, 4.69) is 4.84 Å². The molecule has 0 aliphatic carbocycles. The number of nitrogens with one attached hydrogen (secondary N) is 2. The van der Waals surface area contributed by atoms with E-state index in [1.165, 1.54) is 0 Å². The third-order valence-corrected chi connectivity index (χ3v) is 0.199. The van der Waals surface area contributed by atoms with Crippen molar-refractivity contribution in [2.75, 3.05) is 0 Å². The summed E-state index contributed by atoms with van der Waals surface area (Å²) >= 11 is 0. The Labute approximate surface area is 52.2 Å². The van der Waals surface area contributed by atoms with Gasteiger partial charge in [0.1, 0.15) is 0 Å². The zero-order valence-corrected chi connectivity index (χ0v) is 4.91. The molecule has 0 bridgehead atoms. The molecule has 5 heteroatoms. The number of hydrogen-bond donors (Lipinski definition) is 1. The van der Waals surface area contributed by atoms with Crippen LogP contribution >= 0.6 is 0 Å². The molecule has 0 saturated carbocycles. The van der Waals surface area contributed by atoms with Crippen LogP contribution in [0.4, 0.5) is 0 Å². The molecule has 4 nitrogen and oxygen atoms in total. The van der Waals surface area contributed by atoms with Gasteiger partial charge in [0.05, 0.1) is 5.91 Å². The van der Waals surface area contributed by atoms with Gasteiger partial charge < -0.3 is 21.6 Å². The quantitative estimate of drug-likeness (QED) is 0.334. The van der Waals surface area contributed by atoms with Crippen LogP contribution in [0.2, 0.25) is 0 Å². The maximum Gasteiger partial charge on any atom is 2.00 e. The normalized spacial score (nSPS) is 17.1. The predicted molar refractivity (Wildman–Crippen MR) is 20.4 cm³/mol. The van der Waals surface area contributed by atoms with Crippen LogP contribution in [0.15, 0.2) is 0 Å². The van der Waals surface area contributed by atoms with Gasteiger partial charge in [-0.05, 0) is 6.92 Å². The van der Waals surface area contributed by atoms with Gasteiger partial charge in [-0.3, -0.25) is 0 Å². The predicted octanol–water partition coefficient (Wildman–Crippen LogP) is 0.686. The second-order valence-corrected chi connectivity index (χ2v) is 1.08. The van der Waals surface area contributed by atoms with Crippen molar-refractivity contribution >= 4 is 0 Å². The van der Waals surface area contributed by atoms with Crippen molar-refractivity contribution in [2.45, 2.75) is 12.8 Å². The SMILES string of the molecule is CC([NH-])(O)O[NH-].[Mn+2]. The Bertz CT molecular complexity index is 43.4. The summed E-state index contributed by atoms with van der Waals surface area (Å²) in [7, 11) is 0. The summed E-state index contributed by atoms with van der Waals surface area (Å²) in [6.07, 6.45) is 0. The van der Waals surface area contributed by atoms with E-state index in [9.17, 15) is 0 Å². The van der Waals surface area contributed by atoms with E-state index in [4.69, 9.17) is 16.7 Å². The molecule has 0 amide bonds. The van der Waals surface area contributed by atoms with Crippen molar-refractivity contribution in [3.05, 3.63) is 11.6 Å². The van der Waals surface area contributed by atoms with Crippen LogP contribution in [-0.4, -0.2) is 11.0 Å². The van der Waals surface area contributed by atoms with Gasteiger partial charge in [0.25, 0.3) is 0 Å². The van der Waals surface area contributed by atoms with Gasteiger partial charge in [-0.2, -0.15) is 0 Å². The summed E-state index contributed by atoms with van der Waals surface area (Å²) in [5.74, 6) is 3.88.